The molecule has 0 aliphatic carbocycles. The van der Waals surface area contributed by atoms with E-state index in [9.17, 15) is 18.8 Å². The van der Waals surface area contributed by atoms with E-state index < -0.39 is 5.82 Å². The van der Waals surface area contributed by atoms with E-state index in [1.165, 1.54) is 24.3 Å². The third-order valence-corrected chi connectivity index (χ3v) is 4.69. The number of Topliss-reactive ketones (excluding diaryl/α,β-unsaturated/α-hetero) is 1. The van der Waals surface area contributed by atoms with Gasteiger partial charge in [-0.05, 0) is 55.5 Å². The van der Waals surface area contributed by atoms with Crippen molar-refractivity contribution in [1.82, 2.24) is 4.90 Å². The van der Waals surface area contributed by atoms with E-state index in [0.29, 0.717) is 36.5 Å². The van der Waals surface area contributed by atoms with Crippen LogP contribution in [0.3, 0.4) is 0 Å². The van der Waals surface area contributed by atoms with E-state index in [2.05, 4.69) is 5.32 Å². The Kier molecular flexibility index (Phi) is 6.72. The van der Waals surface area contributed by atoms with Crippen LogP contribution in [-0.2, 0) is 9.53 Å². The normalized spacial score (nSPS) is 16.3. The first-order valence-electron chi connectivity index (χ1n) is 9.52. The minimum atomic E-state index is -0.413. The van der Waals surface area contributed by atoms with Crippen molar-refractivity contribution in [2.75, 3.05) is 25.0 Å². The van der Waals surface area contributed by atoms with Gasteiger partial charge in [-0.25, -0.2) is 4.39 Å². The SMILES string of the molecule is CC1CN(C(=O)c2ccc(NC(=O)CCC(=O)c3ccc(F)cc3)cc2)CCO1. The minimum Gasteiger partial charge on any atom is -0.375 e. The van der Waals surface area contributed by atoms with E-state index in [1.807, 2.05) is 6.92 Å². The molecule has 29 heavy (non-hydrogen) atoms. The summed E-state index contributed by atoms with van der Waals surface area (Å²) in [6.07, 6.45) is 0.0649. The predicted octanol–water partition coefficient (Wildman–Crippen LogP) is 3.29. The molecule has 7 heteroatoms. The molecule has 0 aromatic heterocycles. The van der Waals surface area contributed by atoms with Crippen LogP contribution in [-0.4, -0.2) is 48.3 Å². The zero-order chi connectivity index (χ0) is 20.8. The van der Waals surface area contributed by atoms with Crippen molar-refractivity contribution >= 4 is 23.3 Å². The zero-order valence-corrected chi connectivity index (χ0v) is 16.2. The number of rotatable bonds is 6. The molecule has 0 bridgehead atoms. The smallest absolute Gasteiger partial charge is 0.254 e. The van der Waals surface area contributed by atoms with Gasteiger partial charge in [0.1, 0.15) is 5.82 Å². The lowest BCUT2D eigenvalue weighted by Crippen LogP contribution is -2.44. The van der Waals surface area contributed by atoms with Gasteiger partial charge in [-0.15, -0.1) is 0 Å². The molecule has 1 aliphatic rings. The zero-order valence-electron chi connectivity index (χ0n) is 16.2. The number of benzene rings is 2. The van der Waals surface area contributed by atoms with Gasteiger partial charge in [0.2, 0.25) is 5.91 Å². The summed E-state index contributed by atoms with van der Waals surface area (Å²) in [7, 11) is 0. The van der Waals surface area contributed by atoms with Crippen LogP contribution in [0.2, 0.25) is 0 Å². The van der Waals surface area contributed by atoms with Gasteiger partial charge in [-0.1, -0.05) is 0 Å². The van der Waals surface area contributed by atoms with Crippen LogP contribution < -0.4 is 5.32 Å². The van der Waals surface area contributed by atoms with Crippen LogP contribution >= 0.6 is 0 Å². The highest BCUT2D eigenvalue weighted by molar-refractivity contribution is 6.00. The Morgan fingerprint density at radius 2 is 1.69 bits per heavy atom. The maximum atomic E-state index is 12.9. The minimum absolute atomic E-state index is 0.0164. The molecule has 6 nitrogen and oxygen atoms in total. The van der Waals surface area contributed by atoms with Crippen LogP contribution in [0.15, 0.2) is 48.5 Å². The average Bonchev–Trinajstić information content (AvgIpc) is 2.72. The molecule has 0 radical (unpaired) electrons. The summed E-state index contributed by atoms with van der Waals surface area (Å²) >= 11 is 0. The molecule has 152 valence electrons. The second kappa shape index (κ2) is 9.43. The fourth-order valence-electron chi connectivity index (χ4n) is 3.11. The van der Waals surface area contributed by atoms with Crippen molar-refractivity contribution in [1.29, 1.82) is 0 Å². The van der Waals surface area contributed by atoms with Gasteiger partial charge in [-0.3, -0.25) is 14.4 Å². The quantitative estimate of drug-likeness (QED) is 0.758. The van der Waals surface area contributed by atoms with Crippen LogP contribution in [0.1, 0.15) is 40.5 Å². The molecule has 1 saturated heterocycles. The molecule has 0 saturated carbocycles. The number of ketones is 1. The van der Waals surface area contributed by atoms with Crippen molar-refractivity contribution in [3.05, 3.63) is 65.5 Å². The number of nitrogens with zero attached hydrogens (tertiary/aromatic N) is 1. The lowest BCUT2D eigenvalue weighted by molar-refractivity contribution is -0.116. The Bertz CT molecular complexity index is 881. The standard InChI is InChI=1S/C22H23FN2O4/c1-15-14-25(12-13-29-15)22(28)17-4-8-19(9-5-17)24-21(27)11-10-20(26)16-2-6-18(23)7-3-16/h2-9,15H,10-14H2,1H3,(H,24,27). The molecular weight excluding hydrogens is 375 g/mol. The van der Waals surface area contributed by atoms with Crippen LogP contribution in [0.25, 0.3) is 0 Å². The van der Waals surface area contributed by atoms with Gasteiger partial charge in [0.15, 0.2) is 5.78 Å². The van der Waals surface area contributed by atoms with Crippen molar-refractivity contribution in [2.45, 2.75) is 25.9 Å². The lowest BCUT2D eigenvalue weighted by Gasteiger charge is -2.31. The molecule has 1 atom stereocenters. The second-order valence-electron chi connectivity index (χ2n) is 6.99. The van der Waals surface area contributed by atoms with Crippen LogP contribution in [0.5, 0.6) is 0 Å². The van der Waals surface area contributed by atoms with Gasteiger partial charge < -0.3 is 15.0 Å². The predicted molar refractivity (Wildman–Crippen MR) is 106 cm³/mol. The number of halogens is 1. The first kappa shape index (κ1) is 20.7. The molecule has 2 amide bonds. The summed E-state index contributed by atoms with van der Waals surface area (Å²) in [5.41, 5.74) is 1.47. The third-order valence-electron chi connectivity index (χ3n) is 4.69. The monoisotopic (exact) mass is 398 g/mol. The van der Waals surface area contributed by atoms with E-state index in [1.54, 1.807) is 29.2 Å². The molecular formula is C22H23FN2O4. The molecule has 1 N–H and O–H groups in total. The molecule has 1 heterocycles. The Morgan fingerprint density at radius 3 is 2.34 bits per heavy atom. The number of carbonyl (C=O) groups excluding carboxylic acids is 3. The summed E-state index contributed by atoms with van der Waals surface area (Å²) in [6.45, 7) is 3.57. The maximum Gasteiger partial charge on any atom is 0.254 e. The number of nitrogens with one attached hydrogen (secondary N) is 1. The number of morpholine rings is 1. The summed E-state index contributed by atoms with van der Waals surface area (Å²) in [5.74, 6) is -1.00. The fraction of sp³-hybridized carbons (Fsp3) is 0.318. The van der Waals surface area contributed by atoms with E-state index in [0.717, 1.165) is 0 Å². The van der Waals surface area contributed by atoms with Gasteiger partial charge in [0.05, 0.1) is 12.7 Å². The highest BCUT2D eigenvalue weighted by atomic mass is 19.1. The number of hydrogen-bond acceptors (Lipinski definition) is 4. The van der Waals surface area contributed by atoms with E-state index in [-0.39, 0.29) is 36.5 Å². The number of hydrogen-bond donors (Lipinski definition) is 1. The van der Waals surface area contributed by atoms with Crippen molar-refractivity contribution < 1.29 is 23.5 Å². The van der Waals surface area contributed by atoms with Crippen LogP contribution in [0, 0.1) is 5.82 Å². The highest BCUT2D eigenvalue weighted by Gasteiger charge is 2.22. The number of ether oxygens (including phenoxy) is 1. The first-order valence-corrected chi connectivity index (χ1v) is 9.52. The van der Waals surface area contributed by atoms with Gasteiger partial charge in [-0.2, -0.15) is 0 Å². The third kappa shape index (κ3) is 5.71. The number of anilines is 1. The van der Waals surface area contributed by atoms with E-state index >= 15 is 0 Å². The lowest BCUT2D eigenvalue weighted by atomic mass is 10.1. The number of amides is 2. The van der Waals surface area contributed by atoms with Gasteiger partial charge in [0, 0.05) is 42.7 Å². The molecule has 2 aromatic rings. The van der Waals surface area contributed by atoms with Gasteiger partial charge >= 0.3 is 0 Å². The topological polar surface area (TPSA) is 75.7 Å². The molecule has 0 spiro atoms. The van der Waals surface area contributed by atoms with Crippen molar-refractivity contribution in [3.8, 4) is 0 Å². The largest absolute Gasteiger partial charge is 0.375 e. The van der Waals surface area contributed by atoms with E-state index in [4.69, 9.17) is 4.74 Å². The number of carbonyl (C=O) groups is 3. The summed E-state index contributed by atoms with van der Waals surface area (Å²) in [5, 5.41) is 2.71. The molecule has 1 fully saturated rings. The first-order chi connectivity index (χ1) is 13.9. The van der Waals surface area contributed by atoms with Crippen LogP contribution in [0.4, 0.5) is 10.1 Å². The Morgan fingerprint density at radius 1 is 1.03 bits per heavy atom. The summed E-state index contributed by atoms with van der Waals surface area (Å²) < 4.78 is 18.4. The van der Waals surface area contributed by atoms with Crippen molar-refractivity contribution in [2.24, 2.45) is 0 Å². The van der Waals surface area contributed by atoms with Crippen molar-refractivity contribution in [3.63, 3.8) is 0 Å². The molecule has 1 aliphatic heterocycles. The molecule has 1 unspecified atom stereocenters. The molecule has 3 rings (SSSR count). The Hall–Kier alpha value is -3.06. The summed E-state index contributed by atoms with van der Waals surface area (Å²) in [6, 6.07) is 11.9. The maximum absolute atomic E-state index is 12.9. The Balaban J connectivity index is 1.50. The fourth-order valence-corrected chi connectivity index (χ4v) is 3.11. The Labute approximate surface area is 168 Å². The average molecular weight is 398 g/mol. The summed E-state index contributed by atoms with van der Waals surface area (Å²) in [4.78, 5) is 38.4. The highest BCUT2D eigenvalue weighted by Crippen LogP contribution is 2.15. The van der Waals surface area contributed by atoms with Gasteiger partial charge in [0.25, 0.3) is 5.91 Å². The second-order valence-corrected chi connectivity index (χ2v) is 6.99. The molecule has 2 aromatic carbocycles.